The first kappa shape index (κ1) is 14.9. The number of hydrogen-bond donors (Lipinski definition) is 2. The third-order valence-corrected chi connectivity index (χ3v) is 3.34. The van der Waals surface area contributed by atoms with E-state index in [1.165, 1.54) is 0 Å². The molecule has 0 saturated carbocycles. The van der Waals surface area contributed by atoms with E-state index in [-0.39, 0.29) is 17.2 Å². The van der Waals surface area contributed by atoms with Crippen LogP contribution in [0.25, 0.3) is 0 Å². The molecule has 2 rings (SSSR count). The van der Waals surface area contributed by atoms with Gasteiger partial charge in [-0.05, 0) is 13.0 Å². The molecule has 1 amide bonds. The Kier molecular flexibility index (Phi) is 4.37. The summed E-state index contributed by atoms with van der Waals surface area (Å²) in [7, 11) is 0. The summed E-state index contributed by atoms with van der Waals surface area (Å²) in [4.78, 5) is 16.0. The van der Waals surface area contributed by atoms with Crippen LogP contribution in [-0.2, 0) is 5.41 Å². The highest BCUT2D eigenvalue weighted by Gasteiger charge is 2.27. The van der Waals surface area contributed by atoms with Crippen LogP contribution in [0.4, 0.5) is 4.39 Å². The molecule has 7 heteroatoms. The van der Waals surface area contributed by atoms with E-state index in [4.69, 9.17) is 4.52 Å². The van der Waals surface area contributed by atoms with Crippen LogP contribution in [0.1, 0.15) is 43.7 Å². The van der Waals surface area contributed by atoms with Gasteiger partial charge in [0.25, 0.3) is 11.7 Å². The molecule has 0 radical (unpaired) electrons. The quantitative estimate of drug-likeness (QED) is 0.867. The second kappa shape index (κ2) is 5.87. The molecule has 20 heavy (non-hydrogen) atoms. The number of rotatable bonds is 3. The van der Waals surface area contributed by atoms with Gasteiger partial charge in [-0.1, -0.05) is 25.9 Å². The topological polar surface area (TPSA) is 80.0 Å². The first-order valence-electron chi connectivity index (χ1n) is 6.85. The lowest BCUT2D eigenvalue weighted by Gasteiger charge is -2.26. The summed E-state index contributed by atoms with van der Waals surface area (Å²) in [5, 5.41) is 9.31. The number of hydrogen-bond acceptors (Lipinski definition) is 5. The maximum Gasteiger partial charge on any atom is 0.292 e. The zero-order chi connectivity index (χ0) is 14.8. The number of alkyl halides is 1. The highest BCUT2D eigenvalue weighted by atomic mass is 19.1. The molecule has 2 atom stereocenters. The third-order valence-electron chi connectivity index (χ3n) is 3.34. The molecule has 1 fully saturated rings. The molecule has 0 spiro atoms. The summed E-state index contributed by atoms with van der Waals surface area (Å²) >= 11 is 0. The third kappa shape index (κ3) is 3.53. The molecule has 1 aromatic rings. The van der Waals surface area contributed by atoms with E-state index in [9.17, 15) is 9.18 Å². The molecule has 0 aliphatic carbocycles. The Hall–Kier alpha value is -1.50. The first-order valence-corrected chi connectivity index (χ1v) is 6.85. The van der Waals surface area contributed by atoms with Crippen LogP contribution in [0.2, 0.25) is 0 Å². The maximum absolute atomic E-state index is 13.6. The van der Waals surface area contributed by atoms with E-state index < -0.39 is 12.1 Å². The van der Waals surface area contributed by atoms with Gasteiger partial charge in [-0.15, -0.1) is 0 Å². The molecule has 1 aliphatic rings. The lowest BCUT2D eigenvalue weighted by molar-refractivity contribution is 0.0914. The van der Waals surface area contributed by atoms with Crippen molar-refractivity contribution in [3.63, 3.8) is 0 Å². The van der Waals surface area contributed by atoms with E-state index in [1.54, 1.807) is 0 Å². The summed E-state index contributed by atoms with van der Waals surface area (Å²) in [6.45, 7) is 7.18. The Morgan fingerprint density at radius 1 is 1.55 bits per heavy atom. The van der Waals surface area contributed by atoms with Crippen molar-refractivity contribution in [2.45, 2.75) is 38.8 Å². The summed E-state index contributed by atoms with van der Waals surface area (Å²) in [6.07, 6.45) is -0.222. The van der Waals surface area contributed by atoms with Crippen molar-refractivity contribution in [3.05, 3.63) is 11.7 Å². The van der Waals surface area contributed by atoms with Gasteiger partial charge in [-0.25, -0.2) is 4.39 Å². The summed E-state index contributed by atoms with van der Waals surface area (Å²) in [5.41, 5.74) is -0.301. The second-order valence-electron chi connectivity index (χ2n) is 6.15. The number of halogens is 1. The zero-order valence-electron chi connectivity index (χ0n) is 12.1. The van der Waals surface area contributed by atoms with Crippen LogP contribution in [0.5, 0.6) is 0 Å². The fourth-order valence-electron chi connectivity index (χ4n) is 2.03. The van der Waals surface area contributed by atoms with Crippen LogP contribution in [0.3, 0.4) is 0 Å². The van der Waals surface area contributed by atoms with Gasteiger partial charge in [-0.2, -0.15) is 4.98 Å². The van der Waals surface area contributed by atoms with E-state index in [0.717, 1.165) is 6.54 Å². The van der Waals surface area contributed by atoms with Crippen molar-refractivity contribution >= 4 is 5.91 Å². The minimum atomic E-state index is -0.931. The van der Waals surface area contributed by atoms with Gasteiger partial charge in [0.2, 0.25) is 5.89 Å². The molecule has 0 bridgehead atoms. The number of nitrogens with one attached hydrogen (secondary N) is 2. The van der Waals surface area contributed by atoms with Crippen molar-refractivity contribution in [2.75, 3.05) is 19.6 Å². The minimum Gasteiger partial charge on any atom is -0.349 e. The smallest absolute Gasteiger partial charge is 0.292 e. The maximum atomic E-state index is 13.6. The van der Waals surface area contributed by atoms with Crippen molar-refractivity contribution in [2.24, 2.45) is 5.92 Å². The fraction of sp³-hybridized carbons (Fsp3) is 0.769. The van der Waals surface area contributed by atoms with Gasteiger partial charge in [0.05, 0.1) is 0 Å². The van der Waals surface area contributed by atoms with E-state index in [2.05, 4.69) is 20.8 Å². The largest absolute Gasteiger partial charge is 0.349 e. The number of nitrogens with zero attached hydrogens (tertiary/aromatic N) is 2. The van der Waals surface area contributed by atoms with Gasteiger partial charge in [0, 0.05) is 24.4 Å². The van der Waals surface area contributed by atoms with Gasteiger partial charge < -0.3 is 15.2 Å². The average molecular weight is 284 g/mol. The van der Waals surface area contributed by atoms with Gasteiger partial charge in [0.1, 0.15) is 6.17 Å². The number of aromatic nitrogens is 2. The molecule has 1 aliphatic heterocycles. The van der Waals surface area contributed by atoms with Crippen molar-refractivity contribution in [1.82, 2.24) is 20.8 Å². The van der Waals surface area contributed by atoms with E-state index >= 15 is 0 Å². The number of piperidine rings is 1. The highest BCUT2D eigenvalue weighted by Crippen LogP contribution is 2.19. The normalized spacial score (nSPS) is 23.6. The second-order valence-corrected chi connectivity index (χ2v) is 6.15. The fourth-order valence-corrected chi connectivity index (χ4v) is 2.03. The minimum absolute atomic E-state index is 0.000678. The van der Waals surface area contributed by atoms with E-state index in [0.29, 0.717) is 25.4 Å². The van der Waals surface area contributed by atoms with Crippen molar-refractivity contribution in [3.8, 4) is 0 Å². The molecule has 0 unspecified atom stereocenters. The van der Waals surface area contributed by atoms with Gasteiger partial charge >= 0.3 is 0 Å². The standard InChI is InChI=1S/C13H21FN4O2/c1-13(2,3)12-17-10(18-20-12)11(19)16-6-8-4-5-15-7-9(8)14/h8-9,15H,4-7H2,1-3H3,(H,16,19)/t8-,9-/m1/s1. The summed E-state index contributed by atoms with van der Waals surface area (Å²) < 4.78 is 18.7. The van der Waals surface area contributed by atoms with E-state index in [1.807, 2.05) is 20.8 Å². The van der Waals surface area contributed by atoms with Crippen LogP contribution >= 0.6 is 0 Å². The van der Waals surface area contributed by atoms with Gasteiger partial charge in [-0.3, -0.25) is 4.79 Å². The predicted octanol–water partition coefficient (Wildman–Crippen LogP) is 1.04. The number of amides is 1. The Morgan fingerprint density at radius 2 is 2.30 bits per heavy atom. The molecule has 1 aromatic heterocycles. The van der Waals surface area contributed by atoms with Crippen LogP contribution in [0.15, 0.2) is 4.52 Å². The van der Waals surface area contributed by atoms with Crippen LogP contribution in [0, 0.1) is 5.92 Å². The Bertz CT molecular complexity index is 469. The lowest BCUT2D eigenvalue weighted by Crippen LogP contribution is -2.43. The first-order chi connectivity index (χ1) is 9.38. The lowest BCUT2D eigenvalue weighted by atomic mass is 9.96. The average Bonchev–Trinajstić information content (AvgIpc) is 2.87. The van der Waals surface area contributed by atoms with Crippen molar-refractivity contribution < 1.29 is 13.7 Å². The monoisotopic (exact) mass is 284 g/mol. The Balaban J connectivity index is 1.90. The molecule has 1 saturated heterocycles. The zero-order valence-corrected chi connectivity index (χ0v) is 12.1. The summed E-state index contributed by atoms with van der Waals surface area (Å²) in [5.74, 6) is -0.170. The Morgan fingerprint density at radius 3 is 2.90 bits per heavy atom. The SMILES string of the molecule is CC(C)(C)c1nc(C(=O)NC[C@H]2CCNC[C@H]2F)no1. The molecule has 2 heterocycles. The van der Waals surface area contributed by atoms with Crippen LogP contribution in [-0.4, -0.2) is 41.9 Å². The highest BCUT2D eigenvalue weighted by molar-refractivity contribution is 5.90. The van der Waals surface area contributed by atoms with Crippen LogP contribution < -0.4 is 10.6 Å². The van der Waals surface area contributed by atoms with Gasteiger partial charge in [0.15, 0.2) is 0 Å². The number of carbonyl (C=O) groups is 1. The Labute approximate surface area is 117 Å². The predicted molar refractivity (Wildman–Crippen MR) is 71.2 cm³/mol. The summed E-state index contributed by atoms with van der Waals surface area (Å²) in [6, 6.07) is 0. The molecular weight excluding hydrogens is 263 g/mol. The molecular formula is C13H21FN4O2. The van der Waals surface area contributed by atoms with Crippen molar-refractivity contribution in [1.29, 1.82) is 0 Å². The molecule has 0 aromatic carbocycles. The number of carbonyl (C=O) groups excluding carboxylic acids is 1. The molecule has 112 valence electrons. The molecule has 2 N–H and O–H groups in total. The molecule has 6 nitrogen and oxygen atoms in total.